The predicted octanol–water partition coefficient (Wildman–Crippen LogP) is 3.75. The van der Waals surface area contributed by atoms with Gasteiger partial charge in [0.2, 0.25) is 5.91 Å². The number of aryl methyl sites for hydroxylation is 1. The van der Waals surface area contributed by atoms with Crippen LogP contribution in [0.4, 0.5) is 13.2 Å². The number of hydrogen-bond donors (Lipinski definition) is 1. The fourth-order valence-corrected chi connectivity index (χ4v) is 2.69. The van der Waals surface area contributed by atoms with Gasteiger partial charge in [0.1, 0.15) is 6.54 Å². The van der Waals surface area contributed by atoms with Crippen LogP contribution in [0.5, 0.6) is 0 Å². The third-order valence-electron chi connectivity index (χ3n) is 4.15. The van der Waals surface area contributed by atoms with E-state index >= 15 is 0 Å². The van der Waals surface area contributed by atoms with E-state index in [1.54, 1.807) is 12.1 Å². The van der Waals surface area contributed by atoms with Gasteiger partial charge in [-0.1, -0.05) is 48.0 Å². The van der Waals surface area contributed by atoms with Crippen molar-refractivity contribution in [2.24, 2.45) is 0 Å². The zero-order valence-corrected chi connectivity index (χ0v) is 14.9. The summed E-state index contributed by atoms with van der Waals surface area (Å²) in [5.41, 5.74) is 0.866. The number of oxazole rings is 1. The number of carbonyl (C=O) groups excluding carboxylic acids is 1. The summed E-state index contributed by atoms with van der Waals surface area (Å²) in [5, 5.41) is 2.40. The van der Waals surface area contributed by atoms with Crippen LogP contribution in [0.3, 0.4) is 0 Å². The van der Waals surface area contributed by atoms with Crippen molar-refractivity contribution in [1.82, 2.24) is 9.88 Å². The summed E-state index contributed by atoms with van der Waals surface area (Å²) in [6, 6.07) is 12.3. The van der Waals surface area contributed by atoms with E-state index in [4.69, 9.17) is 4.42 Å². The maximum absolute atomic E-state index is 13.0. The van der Waals surface area contributed by atoms with Gasteiger partial charge in [0.15, 0.2) is 5.76 Å². The lowest BCUT2D eigenvalue weighted by molar-refractivity contribution is -0.138. The summed E-state index contributed by atoms with van der Waals surface area (Å²) in [4.78, 5) is 24.0. The van der Waals surface area contributed by atoms with Gasteiger partial charge in [0, 0.05) is 12.1 Å². The molecule has 0 saturated heterocycles. The van der Waals surface area contributed by atoms with Gasteiger partial charge in [-0.25, -0.2) is 4.79 Å². The van der Waals surface area contributed by atoms with Crippen molar-refractivity contribution in [3.8, 4) is 11.3 Å². The van der Waals surface area contributed by atoms with Crippen LogP contribution < -0.4 is 11.1 Å². The summed E-state index contributed by atoms with van der Waals surface area (Å²) in [5.74, 6) is -1.02. The summed E-state index contributed by atoms with van der Waals surface area (Å²) in [6.45, 7) is 1.26. The number of benzene rings is 2. The zero-order valence-electron chi connectivity index (χ0n) is 14.9. The van der Waals surface area contributed by atoms with Gasteiger partial charge in [-0.3, -0.25) is 9.36 Å². The Morgan fingerprint density at radius 1 is 1.11 bits per heavy atom. The van der Waals surface area contributed by atoms with E-state index in [9.17, 15) is 22.8 Å². The number of halogens is 3. The molecule has 0 bridgehead atoms. The van der Waals surface area contributed by atoms with E-state index in [2.05, 4.69) is 5.32 Å². The third kappa shape index (κ3) is 4.51. The van der Waals surface area contributed by atoms with Crippen molar-refractivity contribution in [3.63, 3.8) is 0 Å². The standard InChI is InChI=1S/C20H17F3N2O3/c1-13-6-8-14(9-7-13)17-11-25(19(27)28-17)12-18(26)24-10-15-4-2-3-5-16(15)20(21,22)23/h2-9,11H,10,12H2,1H3,(H,24,26). The highest BCUT2D eigenvalue weighted by atomic mass is 19.4. The molecule has 0 radical (unpaired) electrons. The highest BCUT2D eigenvalue weighted by Crippen LogP contribution is 2.31. The minimum atomic E-state index is -4.51. The van der Waals surface area contributed by atoms with Crippen LogP contribution in [0.2, 0.25) is 0 Å². The number of aromatic nitrogens is 1. The molecule has 1 aromatic heterocycles. The first-order chi connectivity index (χ1) is 13.2. The Morgan fingerprint density at radius 2 is 1.79 bits per heavy atom. The minimum Gasteiger partial charge on any atom is -0.408 e. The third-order valence-corrected chi connectivity index (χ3v) is 4.15. The van der Waals surface area contributed by atoms with Gasteiger partial charge in [-0.15, -0.1) is 0 Å². The second-order valence-corrected chi connectivity index (χ2v) is 6.29. The van der Waals surface area contributed by atoms with Crippen molar-refractivity contribution in [2.45, 2.75) is 26.2 Å². The monoisotopic (exact) mass is 390 g/mol. The van der Waals surface area contributed by atoms with E-state index < -0.39 is 23.4 Å². The van der Waals surface area contributed by atoms with Gasteiger partial charge in [-0.05, 0) is 18.6 Å². The molecule has 1 N–H and O–H groups in total. The van der Waals surface area contributed by atoms with Crippen LogP contribution in [0.1, 0.15) is 16.7 Å². The minimum absolute atomic E-state index is 0.0526. The molecule has 1 heterocycles. The molecule has 0 spiro atoms. The largest absolute Gasteiger partial charge is 0.419 e. The molecule has 0 aliphatic heterocycles. The second kappa shape index (κ2) is 7.75. The smallest absolute Gasteiger partial charge is 0.408 e. The van der Waals surface area contributed by atoms with E-state index in [0.717, 1.165) is 16.2 Å². The predicted molar refractivity (Wildman–Crippen MR) is 96.4 cm³/mol. The molecule has 0 saturated carbocycles. The molecule has 3 aromatic rings. The lowest BCUT2D eigenvalue weighted by Crippen LogP contribution is -2.30. The first-order valence-corrected chi connectivity index (χ1v) is 8.43. The Kier molecular flexibility index (Phi) is 5.39. The second-order valence-electron chi connectivity index (χ2n) is 6.29. The molecule has 0 atom stereocenters. The normalized spacial score (nSPS) is 11.4. The lowest BCUT2D eigenvalue weighted by atomic mass is 10.1. The number of nitrogens with one attached hydrogen (secondary N) is 1. The fraction of sp³-hybridized carbons (Fsp3) is 0.200. The van der Waals surface area contributed by atoms with E-state index in [1.165, 1.54) is 24.4 Å². The summed E-state index contributed by atoms with van der Waals surface area (Å²) in [7, 11) is 0. The van der Waals surface area contributed by atoms with E-state index in [-0.39, 0.29) is 18.7 Å². The quantitative estimate of drug-likeness (QED) is 0.722. The zero-order chi connectivity index (χ0) is 20.3. The van der Waals surface area contributed by atoms with Crippen molar-refractivity contribution < 1.29 is 22.4 Å². The fourth-order valence-electron chi connectivity index (χ4n) is 2.69. The number of hydrogen-bond acceptors (Lipinski definition) is 3. The molecular weight excluding hydrogens is 373 g/mol. The number of rotatable bonds is 5. The van der Waals surface area contributed by atoms with E-state index in [1.807, 2.05) is 19.1 Å². The number of nitrogens with zero attached hydrogens (tertiary/aromatic N) is 1. The van der Waals surface area contributed by atoms with E-state index in [0.29, 0.717) is 11.3 Å². The summed E-state index contributed by atoms with van der Waals surface area (Å²) >= 11 is 0. The van der Waals surface area contributed by atoms with Crippen LogP contribution in [0.15, 0.2) is 63.9 Å². The molecule has 0 aliphatic rings. The van der Waals surface area contributed by atoms with Crippen molar-refractivity contribution >= 4 is 5.91 Å². The Labute approximate surface area is 158 Å². The summed E-state index contributed by atoms with van der Waals surface area (Å²) in [6.07, 6.45) is -3.11. The van der Waals surface area contributed by atoms with Gasteiger partial charge < -0.3 is 9.73 Å². The van der Waals surface area contributed by atoms with Gasteiger partial charge in [0.05, 0.1) is 11.8 Å². The topological polar surface area (TPSA) is 64.2 Å². The molecular formula is C20H17F3N2O3. The highest BCUT2D eigenvalue weighted by Gasteiger charge is 2.32. The number of alkyl halides is 3. The van der Waals surface area contributed by atoms with Crippen LogP contribution >= 0.6 is 0 Å². The molecule has 28 heavy (non-hydrogen) atoms. The molecule has 0 unspecified atom stereocenters. The first kappa shape index (κ1) is 19.5. The van der Waals surface area contributed by atoms with Crippen molar-refractivity contribution in [3.05, 3.63) is 82.0 Å². The van der Waals surface area contributed by atoms with Crippen LogP contribution in [0.25, 0.3) is 11.3 Å². The maximum atomic E-state index is 13.0. The van der Waals surface area contributed by atoms with Gasteiger partial charge in [0.25, 0.3) is 0 Å². The lowest BCUT2D eigenvalue weighted by Gasteiger charge is -2.13. The molecule has 2 aromatic carbocycles. The molecule has 0 fully saturated rings. The van der Waals surface area contributed by atoms with Crippen molar-refractivity contribution in [1.29, 1.82) is 0 Å². The van der Waals surface area contributed by atoms with Crippen LogP contribution in [-0.4, -0.2) is 10.5 Å². The van der Waals surface area contributed by atoms with Crippen LogP contribution in [-0.2, 0) is 24.1 Å². The first-order valence-electron chi connectivity index (χ1n) is 8.43. The molecule has 146 valence electrons. The molecule has 1 amide bonds. The average molecular weight is 390 g/mol. The Morgan fingerprint density at radius 3 is 2.46 bits per heavy atom. The summed E-state index contributed by atoms with van der Waals surface area (Å²) < 4.78 is 45.2. The van der Waals surface area contributed by atoms with Gasteiger partial charge >= 0.3 is 11.9 Å². The number of amides is 1. The Balaban J connectivity index is 1.68. The number of carbonyl (C=O) groups is 1. The van der Waals surface area contributed by atoms with Crippen molar-refractivity contribution in [2.75, 3.05) is 0 Å². The maximum Gasteiger partial charge on any atom is 0.419 e. The molecule has 5 nitrogen and oxygen atoms in total. The molecule has 0 aliphatic carbocycles. The van der Waals surface area contributed by atoms with Crippen LogP contribution in [0, 0.1) is 6.92 Å². The average Bonchev–Trinajstić information content (AvgIpc) is 3.00. The SMILES string of the molecule is Cc1ccc(-c2cn(CC(=O)NCc3ccccc3C(F)(F)F)c(=O)o2)cc1. The Hall–Kier alpha value is -3.29. The van der Waals surface area contributed by atoms with Gasteiger partial charge in [-0.2, -0.15) is 13.2 Å². The highest BCUT2D eigenvalue weighted by molar-refractivity contribution is 5.75. The molecule has 8 heteroatoms. The molecule has 3 rings (SSSR count). The Bertz CT molecular complexity index is 1030.